The lowest BCUT2D eigenvalue weighted by Gasteiger charge is -2.08. The van der Waals surface area contributed by atoms with Crippen molar-refractivity contribution in [1.29, 1.82) is 0 Å². The lowest BCUT2D eigenvalue weighted by Crippen LogP contribution is -2.05. The molecule has 1 aromatic rings. The van der Waals surface area contributed by atoms with E-state index < -0.39 is 0 Å². The molecular formula is C12H17NO2. The normalized spacial score (nSPS) is 10.0. The monoisotopic (exact) mass is 207 g/mol. The highest BCUT2D eigenvalue weighted by atomic mass is 16.5. The number of nitrogen functional groups attached to an aromatic ring is 1. The van der Waals surface area contributed by atoms with Gasteiger partial charge in [0.15, 0.2) is 0 Å². The van der Waals surface area contributed by atoms with Crippen molar-refractivity contribution in [3.8, 4) is 0 Å². The Morgan fingerprint density at radius 3 is 2.67 bits per heavy atom. The molecule has 3 nitrogen and oxygen atoms in total. The van der Waals surface area contributed by atoms with Crippen LogP contribution in [0.15, 0.2) is 18.2 Å². The highest BCUT2D eigenvalue weighted by molar-refractivity contribution is 5.70. The summed E-state index contributed by atoms with van der Waals surface area (Å²) in [7, 11) is 1.40. The average molecular weight is 207 g/mol. The number of esters is 1. The number of anilines is 1. The van der Waals surface area contributed by atoms with E-state index in [2.05, 4.69) is 11.7 Å². The number of hydrogen-bond donors (Lipinski definition) is 1. The predicted molar refractivity (Wildman–Crippen MR) is 60.6 cm³/mol. The van der Waals surface area contributed by atoms with E-state index in [0.717, 1.165) is 23.2 Å². The fourth-order valence-corrected chi connectivity index (χ4v) is 1.53. The molecule has 1 rings (SSSR count). The molecule has 82 valence electrons. The third-order valence-corrected chi connectivity index (χ3v) is 2.49. The van der Waals surface area contributed by atoms with Gasteiger partial charge in [0.1, 0.15) is 0 Å². The van der Waals surface area contributed by atoms with Crippen molar-refractivity contribution < 1.29 is 9.53 Å². The molecule has 0 spiro atoms. The zero-order chi connectivity index (χ0) is 11.3. The Kier molecular flexibility index (Phi) is 4.16. The first-order chi connectivity index (χ1) is 7.19. The van der Waals surface area contributed by atoms with E-state index >= 15 is 0 Å². The minimum absolute atomic E-state index is 0.198. The van der Waals surface area contributed by atoms with E-state index in [0.29, 0.717) is 12.8 Å². The molecule has 0 heterocycles. The molecule has 0 fully saturated rings. The van der Waals surface area contributed by atoms with Gasteiger partial charge in [0.25, 0.3) is 0 Å². The molecule has 0 radical (unpaired) electrons. The molecule has 0 unspecified atom stereocenters. The quantitative estimate of drug-likeness (QED) is 0.606. The van der Waals surface area contributed by atoms with Gasteiger partial charge in [0.2, 0.25) is 0 Å². The Hall–Kier alpha value is -1.51. The first-order valence-electron chi connectivity index (χ1n) is 5.12. The Bertz CT molecular complexity index is 347. The minimum Gasteiger partial charge on any atom is -0.469 e. The second-order valence-corrected chi connectivity index (χ2v) is 3.42. The van der Waals surface area contributed by atoms with Gasteiger partial charge in [-0.05, 0) is 24.0 Å². The summed E-state index contributed by atoms with van der Waals surface area (Å²) >= 11 is 0. The van der Waals surface area contributed by atoms with Gasteiger partial charge in [-0.2, -0.15) is 0 Å². The second kappa shape index (κ2) is 5.39. The molecule has 1 aromatic carbocycles. The number of nitrogens with two attached hydrogens (primary N) is 1. The van der Waals surface area contributed by atoms with Crippen LogP contribution in [0.5, 0.6) is 0 Å². The van der Waals surface area contributed by atoms with Crippen LogP contribution < -0.4 is 5.73 Å². The van der Waals surface area contributed by atoms with Crippen molar-refractivity contribution in [1.82, 2.24) is 0 Å². The molecule has 0 saturated carbocycles. The fourth-order valence-electron chi connectivity index (χ4n) is 1.53. The molecular weight excluding hydrogens is 190 g/mol. The molecule has 0 bridgehead atoms. The van der Waals surface area contributed by atoms with Crippen molar-refractivity contribution in [3.05, 3.63) is 29.3 Å². The number of aryl methyl sites for hydroxylation is 2. The van der Waals surface area contributed by atoms with Crippen LogP contribution in [0.2, 0.25) is 0 Å². The average Bonchev–Trinajstić information content (AvgIpc) is 2.27. The lowest BCUT2D eigenvalue weighted by atomic mass is 10.0. The van der Waals surface area contributed by atoms with E-state index in [1.54, 1.807) is 0 Å². The number of carbonyl (C=O) groups excluding carboxylic acids is 1. The SMILES string of the molecule is CCc1cccc(CCC(=O)OC)c1N. The van der Waals surface area contributed by atoms with Crippen LogP contribution in [0.1, 0.15) is 24.5 Å². The predicted octanol–water partition coefficient (Wildman–Crippen LogP) is 1.94. The van der Waals surface area contributed by atoms with E-state index in [4.69, 9.17) is 5.73 Å². The van der Waals surface area contributed by atoms with E-state index in [1.807, 2.05) is 18.2 Å². The van der Waals surface area contributed by atoms with Crippen molar-refractivity contribution >= 4 is 11.7 Å². The summed E-state index contributed by atoms with van der Waals surface area (Å²) in [6.45, 7) is 2.07. The Balaban J connectivity index is 2.73. The van der Waals surface area contributed by atoms with Crippen LogP contribution in [0.4, 0.5) is 5.69 Å². The molecule has 0 saturated heterocycles. The fraction of sp³-hybridized carbons (Fsp3) is 0.417. The summed E-state index contributed by atoms with van der Waals surface area (Å²) in [6, 6.07) is 5.94. The highest BCUT2D eigenvalue weighted by Crippen LogP contribution is 2.19. The van der Waals surface area contributed by atoms with Gasteiger partial charge in [-0.15, -0.1) is 0 Å². The van der Waals surface area contributed by atoms with Gasteiger partial charge in [-0.25, -0.2) is 0 Å². The van der Waals surface area contributed by atoms with E-state index in [1.165, 1.54) is 7.11 Å². The zero-order valence-electron chi connectivity index (χ0n) is 9.25. The number of ether oxygens (including phenoxy) is 1. The Labute approximate surface area is 90.2 Å². The van der Waals surface area contributed by atoms with Crippen molar-refractivity contribution in [2.24, 2.45) is 0 Å². The Morgan fingerprint density at radius 1 is 1.40 bits per heavy atom. The smallest absolute Gasteiger partial charge is 0.305 e. The van der Waals surface area contributed by atoms with Gasteiger partial charge in [-0.3, -0.25) is 4.79 Å². The van der Waals surface area contributed by atoms with Crippen LogP contribution >= 0.6 is 0 Å². The number of para-hydroxylation sites is 1. The number of methoxy groups -OCH3 is 1. The molecule has 0 amide bonds. The van der Waals surface area contributed by atoms with E-state index in [9.17, 15) is 4.79 Å². The molecule has 0 aliphatic heterocycles. The summed E-state index contributed by atoms with van der Waals surface area (Å²) in [5.74, 6) is -0.198. The number of rotatable bonds is 4. The maximum absolute atomic E-state index is 11.0. The minimum atomic E-state index is -0.198. The van der Waals surface area contributed by atoms with Gasteiger partial charge >= 0.3 is 5.97 Å². The maximum atomic E-state index is 11.0. The van der Waals surface area contributed by atoms with Crippen LogP contribution in [-0.2, 0) is 22.4 Å². The van der Waals surface area contributed by atoms with Gasteiger partial charge < -0.3 is 10.5 Å². The Morgan fingerprint density at radius 2 is 2.07 bits per heavy atom. The molecule has 15 heavy (non-hydrogen) atoms. The van der Waals surface area contributed by atoms with Crippen LogP contribution in [0.25, 0.3) is 0 Å². The number of benzene rings is 1. The third-order valence-electron chi connectivity index (χ3n) is 2.49. The first kappa shape index (κ1) is 11.6. The molecule has 0 aliphatic carbocycles. The summed E-state index contributed by atoms with van der Waals surface area (Å²) in [6.07, 6.45) is 1.94. The van der Waals surface area contributed by atoms with Crippen LogP contribution in [0, 0.1) is 0 Å². The zero-order valence-corrected chi connectivity index (χ0v) is 9.25. The van der Waals surface area contributed by atoms with Gasteiger partial charge in [-0.1, -0.05) is 25.1 Å². The molecule has 2 N–H and O–H groups in total. The third kappa shape index (κ3) is 2.98. The second-order valence-electron chi connectivity index (χ2n) is 3.42. The van der Waals surface area contributed by atoms with Crippen LogP contribution in [-0.4, -0.2) is 13.1 Å². The van der Waals surface area contributed by atoms with Crippen molar-refractivity contribution in [2.75, 3.05) is 12.8 Å². The molecule has 3 heteroatoms. The van der Waals surface area contributed by atoms with Crippen LogP contribution in [0.3, 0.4) is 0 Å². The maximum Gasteiger partial charge on any atom is 0.305 e. The number of carbonyl (C=O) groups is 1. The summed E-state index contributed by atoms with van der Waals surface area (Å²) in [5.41, 5.74) is 8.94. The van der Waals surface area contributed by atoms with Gasteiger partial charge in [0, 0.05) is 12.1 Å². The first-order valence-corrected chi connectivity index (χ1v) is 5.12. The lowest BCUT2D eigenvalue weighted by molar-refractivity contribution is -0.140. The molecule has 0 aromatic heterocycles. The summed E-state index contributed by atoms with van der Waals surface area (Å²) in [4.78, 5) is 11.0. The van der Waals surface area contributed by atoms with Gasteiger partial charge in [0.05, 0.1) is 7.11 Å². The van der Waals surface area contributed by atoms with Crippen molar-refractivity contribution in [3.63, 3.8) is 0 Å². The molecule has 0 aliphatic rings. The van der Waals surface area contributed by atoms with E-state index in [-0.39, 0.29) is 5.97 Å². The van der Waals surface area contributed by atoms with Crippen molar-refractivity contribution in [2.45, 2.75) is 26.2 Å². The highest BCUT2D eigenvalue weighted by Gasteiger charge is 2.06. The number of hydrogen-bond acceptors (Lipinski definition) is 3. The topological polar surface area (TPSA) is 52.3 Å². The molecule has 0 atom stereocenters. The summed E-state index contributed by atoms with van der Waals surface area (Å²) in [5, 5.41) is 0. The standard InChI is InChI=1S/C12H17NO2/c1-3-9-5-4-6-10(12(9)13)7-8-11(14)15-2/h4-6H,3,7-8,13H2,1-2H3. The summed E-state index contributed by atoms with van der Waals surface area (Å²) < 4.78 is 4.59. The largest absolute Gasteiger partial charge is 0.469 e.